The third kappa shape index (κ3) is 3.78. The zero-order valence-corrected chi connectivity index (χ0v) is 13.1. The second-order valence-electron chi connectivity index (χ2n) is 5.93. The second kappa shape index (κ2) is 6.93. The van der Waals surface area contributed by atoms with Crippen LogP contribution in [0.3, 0.4) is 0 Å². The maximum atomic E-state index is 12.1. The Bertz CT molecular complexity index is 656. The summed E-state index contributed by atoms with van der Waals surface area (Å²) in [4.78, 5) is 18.2. The van der Waals surface area contributed by atoms with E-state index >= 15 is 0 Å². The lowest BCUT2D eigenvalue weighted by atomic mass is 10.1. The van der Waals surface area contributed by atoms with Crippen LogP contribution in [0.4, 0.5) is 0 Å². The van der Waals surface area contributed by atoms with Gasteiger partial charge in [0.1, 0.15) is 5.76 Å². The number of hydrogen-bond acceptors (Lipinski definition) is 5. The summed E-state index contributed by atoms with van der Waals surface area (Å²) in [7, 11) is 0. The van der Waals surface area contributed by atoms with Gasteiger partial charge in [-0.1, -0.05) is 30.3 Å². The van der Waals surface area contributed by atoms with Crippen molar-refractivity contribution in [2.24, 2.45) is 0 Å². The van der Waals surface area contributed by atoms with Crippen LogP contribution in [0, 0.1) is 6.92 Å². The first kappa shape index (κ1) is 15.7. The van der Waals surface area contributed by atoms with Crippen LogP contribution in [0.1, 0.15) is 28.2 Å². The summed E-state index contributed by atoms with van der Waals surface area (Å²) < 4.78 is 5.05. The molecule has 0 spiro atoms. The van der Waals surface area contributed by atoms with Crippen molar-refractivity contribution in [3.63, 3.8) is 0 Å². The van der Waals surface area contributed by atoms with Gasteiger partial charge in [-0.15, -0.1) is 0 Å². The first-order chi connectivity index (χ1) is 11.1. The van der Waals surface area contributed by atoms with E-state index < -0.39 is 0 Å². The Balaban J connectivity index is 1.59. The van der Waals surface area contributed by atoms with Crippen LogP contribution in [0.25, 0.3) is 0 Å². The molecule has 1 aromatic carbocycles. The van der Waals surface area contributed by atoms with Gasteiger partial charge in [0, 0.05) is 25.7 Å². The lowest BCUT2D eigenvalue weighted by molar-refractivity contribution is 0.0934. The Morgan fingerprint density at radius 3 is 2.91 bits per heavy atom. The van der Waals surface area contributed by atoms with Gasteiger partial charge in [0.15, 0.2) is 12.1 Å². The van der Waals surface area contributed by atoms with E-state index in [0.717, 1.165) is 6.54 Å². The van der Waals surface area contributed by atoms with E-state index in [0.29, 0.717) is 31.0 Å². The molecule has 1 aliphatic heterocycles. The zero-order chi connectivity index (χ0) is 16.2. The minimum absolute atomic E-state index is 0.112. The van der Waals surface area contributed by atoms with Crippen molar-refractivity contribution in [1.29, 1.82) is 0 Å². The number of nitrogens with zero attached hydrogens (tertiary/aromatic N) is 2. The fourth-order valence-electron chi connectivity index (χ4n) is 3.00. The molecule has 6 heteroatoms. The number of carbonyl (C=O) groups excluding carboxylic acids is 1. The van der Waals surface area contributed by atoms with Gasteiger partial charge in [0.05, 0.1) is 6.10 Å². The summed E-state index contributed by atoms with van der Waals surface area (Å²) in [6.45, 7) is 3.58. The van der Waals surface area contributed by atoms with Crippen LogP contribution >= 0.6 is 0 Å². The molecule has 1 aliphatic rings. The van der Waals surface area contributed by atoms with Crippen LogP contribution in [0.5, 0.6) is 0 Å². The Morgan fingerprint density at radius 1 is 1.43 bits per heavy atom. The summed E-state index contributed by atoms with van der Waals surface area (Å²) in [5.41, 5.74) is 1.52. The number of aliphatic hydroxyl groups is 1. The smallest absolute Gasteiger partial charge is 0.273 e. The van der Waals surface area contributed by atoms with Gasteiger partial charge in [0.25, 0.3) is 5.91 Å². The van der Waals surface area contributed by atoms with Gasteiger partial charge in [0.2, 0.25) is 0 Å². The molecule has 6 nitrogen and oxygen atoms in total. The Morgan fingerprint density at radius 2 is 2.22 bits per heavy atom. The summed E-state index contributed by atoms with van der Waals surface area (Å²) in [6.07, 6.45) is 1.57. The van der Waals surface area contributed by atoms with Crippen LogP contribution < -0.4 is 5.32 Å². The average molecular weight is 315 g/mol. The number of aryl methyl sites for hydroxylation is 1. The molecule has 2 N–H and O–H groups in total. The number of β-amino-alcohol motifs (C(OH)–C–C–N with tert-alkyl or cyclic N) is 1. The van der Waals surface area contributed by atoms with Crippen molar-refractivity contribution < 1.29 is 14.3 Å². The number of likely N-dealkylation sites (tertiary alicyclic amines) is 1. The SMILES string of the molecule is Cc1ocnc1C(=O)NCC1CC(O)CN1Cc1ccccc1. The normalized spacial score (nSPS) is 21.5. The van der Waals surface area contributed by atoms with Crippen LogP contribution in [0.15, 0.2) is 41.1 Å². The summed E-state index contributed by atoms with van der Waals surface area (Å²) in [5, 5.41) is 12.8. The van der Waals surface area contributed by atoms with Gasteiger partial charge in [-0.2, -0.15) is 0 Å². The summed E-state index contributed by atoms with van der Waals surface area (Å²) >= 11 is 0. The molecule has 0 radical (unpaired) electrons. The fraction of sp³-hybridized carbons (Fsp3) is 0.412. The monoisotopic (exact) mass is 315 g/mol. The number of benzene rings is 1. The quantitative estimate of drug-likeness (QED) is 0.871. The molecule has 1 fully saturated rings. The zero-order valence-electron chi connectivity index (χ0n) is 13.1. The highest BCUT2D eigenvalue weighted by molar-refractivity contribution is 5.93. The molecule has 2 aromatic rings. The number of carbonyl (C=O) groups is 1. The molecular formula is C17H21N3O3. The molecule has 2 unspecified atom stereocenters. The third-order valence-corrected chi connectivity index (χ3v) is 4.19. The lowest BCUT2D eigenvalue weighted by Crippen LogP contribution is -2.40. The first-order valence-corrected chi connectivity index (χ1v) is 7.78. The highest BCUT2D eigenvalue weighted by atomic mass is 16.3. The van der Waals surface area contributed by atoms with Crippen molar-refractivity contribution in [3.05, 3.63) is 53.7 Å². The number of nitrogens with one attached hydrogen (secondary N) is 1. The third-order valence-electron chi connectivity index (χ3n) is 4.19. The predicted molar refractivity (Wildman–Crippen MR) is 84.8 cm³/mol. The van der Waals surface area contributed by atoms with Gasteiger partial charge >= 0.3 is 0 Å². The van der Waals surface area contributed by atoms with Crippen molar-refractivity contribution >= 4 is 5.91 Å². The first-order valence-electron chi connectivity index (χ1n) is 7.78. The van der Waals surface area contributed by atoms with Gasteiger partial charge in [-0.05, 0) is 18.9 Å². The molecule has 0 saturated carbocycles. The maximum Gasteiger partial charge on any atom is 0.273 e. The molecule has 1 aromatic heterocycles. The Kier molecular flexibility index (Phi) is 4.73. The highest BCUT2D eigenvalue weighted by Crippen LogP contribution is 2.20. The average Bonchev–Trinajstić information content (AvgIpc) is 3.12. The molecule has 3 rings (SSSR count). The number of aromatic nitrogens is 1. The predicted octanol–water partition coefficient (Wildman–Crippen LogP) is 1.35. The minimum atomic E-state index is -0.352. The molecule has 2 heterocycles. The summed E-state index contributed by atoms with van der Waals surface area (Å²) in [5.74, 6) is 0.271. The summed E-state index contributed by atoms with van der Waals surface area (Å²) in [6, 6.07) is 10.2. The maximum absolute atomic E-state index is 12.1. The van der Waals surface area contributed by atoms with Crippen molar-refractivity contribution in [2.45, 2.75) is 32.0 Å². The van der Waals surface area contributed by atoms with Crippen LogP contribution in [-0.2, 0) is 6.54 Å². The molecule has 0 aliphatic carbocycles. The van der Waals surface area contributed by atoms with E-state index in [1.807, 2.05) is 18.2 Å². The molecule has 1 saturated heterocycles. The number of oxazole rings is 1. The highest BCUT2D eigenvalue weighted by Gasteiger charge is 2.31. The Labute approximate surface area is 135 Å². The topological polar surface area (TPSA) is 78.6 Å². The largest absolute Gasteiger partial charge is 0.448 e. The van der Waals surface area contributed by atoms with E-state index in [1.165, 1.54) is 12.0 Å². The van der Waals surface area contributed by atoms with Gasteiger partial charge < -0.3 is 14.8 Å². The van der Waals surface area contributed by atoms with Crippen LogP contribution in [-0.4, -0.2) is 46.1 Å². The second-order valence-corrected chi connectivity index (χ2v) is 5.93. The van der Waals surface area contributed by atoms with Gasteiger partial charge in [-0.25, -0.2) is 4.98 Å². The molecular weight excluding hydrogens is 294 g/mol. The molecule has 1 amide bonds. The molecule has 2 atom stereocenters. The van der Waals surface area contributed by atoms with E-state index in [9.17, 15) is 9.90 Å². The molecule has 122 valence electrons. The van der Waals surface area contributed by atoms with Gasteiger partial charge in [-0.3, -0.25) is 9.69 Å². The minimum Gasteiger partial charge on any atom is -0.448 e. The number of amides is 1. The van der Waals surface area contributed by atoms with Crippen molar-refractivity contribution in [1.82, 2.24) is 15.2 Å². The van der Waals surface area contributed by atoms with E-state index in [4.69, 9.17) is 4.42 Å². The van der Waals surface area contributed by atoms with Crippen LogP contribution in [0.2, 0.25) is 0 Å². The number of hydrogen-bond donors (Lipinski definition) is 2. The van der Waals surface area contributed by atoms with E-state index in [2.05, 4.69) is 27.3 Å². The fourth-order valence-corrected chi connectivity index (χ4v) is 3.00. The lowest BCUT2D eigenvalue weighted by Gasteiger charge is -2.24. The van der Waals surface area contributed by atoms with E-state index in [-0.39, 0.29) is 18.1 Å². The Hall–Kier alpha value is -2.18. The van der Waals surface area contributed by atoms with Crippen molar-refractivity contribution in [2.75, 3.05) is 13.1 Å². The van der Waals surface area contributed by atoms with Crippen molar-refractivity contribution in [3.8, 4) is 0 Å². The number of rotatable bonds is 5. The molecule has 23 heavy (non-hydrogen) atoms. The standard InChI is InChI=1S/C17H21N3O3/c1-12-16(19-11-23-12)17(22)18-8-14-7-15(21)10-20(14)9-13-5-3-2-4-6-13/h2-6,11,14-15,21H,7-10H2,1H3,(H,18,22). The number of aliphatic hydroxyl groups excluding tert-OH is 1. The molecule has 0 bridgehead atoms. The van der Waals surface area contributed by atoms with E-state index in [1.54, 1.807) is 6.92 Å².